The van der Waals surface area contributed by atoms with Crippen molar-refractivity contribution < 1.29 is 22.7 Å². The number of hydrogen-bond acceptors (Lipinski definition) is 6. The highest BCUT2D eigenvalue weighted by Crippen LogP contribution is 2.53. The fourth-order valence-electron chi connectivity index (χ4n) is 3.09. The van der Waals surface area contributed by atoms with Crippen molar-refractivity contribution in [3.63, 3.8) is 0 Å². The Morgan fingerprint density at radius 2 is 2.24 bits per heavy atom. The van der Waals surface area contributed by atoms with E-state index >= 15 is 0 Å². The van der Waals surface area contributed by atoms with Gasteiger partial charge in [-0.25, -0.2) is 13.1 Å². The van der Waals surface area contributed by atoms with E-state index in [2.05, 4.69) is 16.6 Å². The molecule has 0 aromatic heterocycles. The van der Waals surface area contributed by atoms with Crippen molar-refractivity contribution in [1.29, 1.82) is 0 Å². The van der Waals surface area contributed by atoms with Gasteiger partial charge in [-0.3, -0.25) is 9.59 Å². The molecular formula is C12H16N2O5S2. The molecule has 3 rings (SSSR count). The normalized spacial score (nSPS) is 38.2. The average molecular weight is 332 g/mol. The van der Waals surface area contributed by atoms with Gasteiger partial charge in [-0.05, 0) is 12.5 Å². The Bertz CT molecular complexity index is 590. The maximum Gasteiger partial charge on any atom is 0.307 e. The van der Waals surface area contributed by atoms with E-state index in [0.29, 0.717) is 6.42 Å². The predicted molar refractivity (Wildman–Crippen MR) is 77.1 cm³/mol. The summed E-state index contributed by atoms with van der Waals surface area (Å²) in [4.78, 5) is 22.8. The Kier molecular flexibility index (Phi) is 3.74. The van der Waals surface area contributed by atoms with Crippen molar-refractivity contribution in [2.45, 2.75) is 40.7 Å². The second kappa shape index (κ2) is 5.29. The average Bonchev–Trinajstić information content (AvgIpc) is 3.02. The molecule has 0 aromatic rings. The Morgan fingerprint density at radius 1 is 1.48 bits per heavy atom. The summed E-state index contributed by atoms with van der Waals surface area (Å²) in [5.74, 6) is -0.773. The number of ether oxygens (including phenoxy) is 1. The third-order valence-corrected chi connectivity index (χ3v) is 7.82. The molecule has 3 aliphatic rings. The number of fused-ring (bicyclic) bond motifs is 1. The highest BCUT2D eigenvalue weighted by molar-refractivity contribution is 8.03. The molecule has 0 aliphatic carbocycles. The Labute approximate surface area is 126 Å². The van der Waals surface area contributed by atoms with Crippen LogP contribution in [0.2, 0.25) is 0 Å². The first-order chi connectivity index (χ1) is 9.92. The molecular weight excluding hydrogens is 316 g/mol. The molecule has 0 spiro atoms. The summed E-state index contributed by atoms with van der Waals surface area (Å²) in [6.07, 6.45) is 1.31. The number of thioether (sulfide) groups is 1. The van der Waals surface area contributed by atoms with Gasteiger partial charge >= 0.3 is 5.97 Å². The molecule has 5 atom stereocenters. The molecule has 1 amide bonds. The van der Waals surface area contributed by atoms with Crippen molar-refractivity contribution in [1.82, 2.24) is 10.0 Å². The van der Waals surface area contributed by atoms with E-state index in [-0.39, 0.29) is 40.7 Å². The Hall–Kier alpha value is -1.06. The minimum Gasteiger partial charge on any atom is -0.459 e. The standard InChI is InChI=1S/C12H16N2O5S2/c1-2-8(15)13-4-3-9(16)19-11-6-5-7-12(20-6)10(11)14-21(7,17)18/h2,6-7,10-12,14H,1,3-5H2,(H,13,15). The van der Waals surface area contributed by atoms with Crippen LogP contribution in [-0.2, 0) is 24.3 Å². The molecule has 5 unspecified atom stereocenters. The summed E-state index contributed by atoms with van der Waals surface area (Å²) in [5.41, 5.74) is 0. The van der Waals surface area contributed by atoms with Crippen LogP contribution in [-0.4, -0.2) is 54.7 Å². The van der Waals surface area contributed by atoms with Crippen molar-refractivity contribution in [3.05, 3.63) is 12.7 Å². The summed E-state index contributed by atoms with van der Waals surface area (Å²) < 4.78 is 31.8. The lowest BCUT2D eigenvalue weighted by Crippen LogP contribution is -2.45. The minimum atomic E-state index is -3.26. The zero-order chi connectivity index (χ0) is 15.2. The number of hydrogen-bond donors (Lipinski definition) is 2. The Morgan fingerprint density at radius 3 is 2.95 bits per heavy atom. The summed E-state index contributed by atoms with van der Waals surface area (Å²) in [7, 11) is -3.26. The second-order valence-electron chi connectivity index (χ2n) is 5.30. The molecule has 3 fully saturated rings. The molecule has 9 heteroatoms. The van der Waals surface area contributed by atoms with Gasteiger partial charge in [0.25, 0.3) is 0 Å². The van der Waals surface area contributed by atoms with Crippen LogP contribution in [0.4, 0.5) is 0 Å². The van der Waals surface area contributed by atoms with E-state index < -0.39 is 22.1 Å². The molecule has 2 bridgehead atoms. The number of rotatable bonds is 5. The van der Waals surface area contributed by atoms with Gasteiger partial charge in [0.1, 0.15) is 6.10 Å². The zero-order valence-corrected chi connectivity index (χ0v) is 12.8. The van der Waals surface area contributed by atoms with Crippen molar-refractivity contribution in [2.24, 2.45) is 0 Å². The number of sulfonamides is 1. The maximum atomic E-state index is 11.9. The van der Waals surface area contributed by atoms with E-state index in [1.807, 2.05) is 0 Å². The molecule has 21 heavy (non-hydrogen) atoms. The lowest BCUT2D eigenvalue weighted by Gasteiger charge is -2.24. The van der Waals surface area contributed by atoms with Crippen molar-refractivity contribution in [2.75, 3.05) is 6.54 Å². The van der Waals surface area contributed by atoms with Crippen molar-refractivity contribution in [3.8, 4) is 0 Å². The summed E-state index contributed by atoms with van der Waals surface area (Å²) in [6, 6.07) is -0.310. The van der Waals surface area contributed by atoms with E-state index in [4.69, 9.17) is 4.74 Å². The lowest BCUT2D eigenvalue weighted by molar-refractivity contribution is -0.150. The van der Waals surface area contributed by atoms with E-state index in [1.165, 1.54) is 0 Å². The lowest BCUT2D eigenvalue weighted by atomic mass is 9.93. The van der Waals surface area contributed by atoms with Crippen molar-refractivity contribution >= 4 is 33.7 Å². The molecule has 0 aromatic carbocycles. The minimum absolute atomic E-state index is 0.0155. The number of nitrogens with one attached hydrogen (secondary N) is 2. The van der Waals surface area contributed by atoms with Crippen LogP contribution in [0.15, 0.2) is 12.7 Å². The first-order valence-electron chi connectivity index (χ1n) is 6.69. The summed E-state index contributed by atoms with van der Waals surface area (Å²) >= 11 is 1.59. The molecule has 3 saturated heterocycles. The number of amides is 1. The summed E-state index contributed by atoms with van der Waals surface area (Å²) in [5, 5.41) is 2.17. The van der Waals surface area contributed by atoms with E-state index in [0.717, 1.165) is 6.08 Å². The molecule has 116 valence electrons. The number of carbonyl (C=O) groups excluding carboxylic acids is 2. The SMILES string of the molecule is C=CC(=O)NCCC(=O)OC1C2CC3C(S2)C1NS3(=O)=O. The van der Waals surface area contributed by atoms with E-state index in [9.17, 15) is 18.0 Å². The number of carbonyl (C=O) groups is 2. The summed E-state index contributed by atoms with van der Waals surface area (Å²) in [6.45, 7) is 3.49. The van der Waals surface area contributed by atoms with Gasteiger partial charge in [0.05, 0.1) is 17.7 Å². The van der Waals surface area contributed by atoms with Crippen LogP contribution in [0, 0.1) is 0 Å². The monoisotopic (exact) mass is 332 g/mol. The smallest absolute Gasteiger partial charge is 0.307 e. The molecule has 3 aliphatic heterocycles. The van der Waals surface area contributed by atoms with Crippen LogP contribution >= 0.6 is 11.8 Å². The van der Waals surface area contributed by atoms with Crippen LogP contribution in [0.3, 0.4) is 0 Å². The highest BCUT2D eigenvalue weighted by atomic mass is 32.2. The molecule has 3 heterocycles. The van der Waals surface area contributed by atoms with Crippen LogP contribution in [0.25, 0.3) is 0 Å². The quantitative estimate of drug-likeness (QED) is 0.502. The van der Waals surface area contributed by atoms with Crippen LogP contribution in [0.5, 0.6) is 0 Å². The van der Waals surface area contributed by atoms with Gasteiger partial charge in [-0.15, -0.1) is 11.8 Å². The third kappa shape index (κ3) is 2.58. The fraction of sp³-hybridized carbons (Fsp3) is 0.667. The van der Waals surface area contributed by atoms with Gasteiger partial charge in [-0.2, -0.15) is 0 Å². The molecule has 2 N–H and O–H groups in total. The van der Waals surface area contributed by atoms with Crippen LogP contribution in [0.1, 0.15) is 12.8 Å². The molecule has 0 radical (unpaired) electrons. The zero-order valence-electron chi connectivity index (χ0n) is 11.2. The number of esters is 1. The maximum absolute atomic E-state index is 11.9. The first-order valence-corrected chi connectivity index (χ1v) is 9.17. The molecule has 0 saturated carbocycles. The van der Waals surface area contributed by atoms with Gasteiger partial charge < -0.3 is 10.1 Å². The second-order valence-corrected chi connectivity index (χ2v) is 8.65. The van der Waals surface area contributed by atoms with Gasteiger partial charge in [-0.1, -0.05) is 6.58 Å². The van der Waals surface area contributed by atoms with Crippen LogP contribution < -0.4 is 10.0 Å². The highest BCUT2D eigenvalue weighted by Gasteiger charge is 2.64. The van der Waals surface area contributed by atoms with Gasteiger partial charge in [0, 0.05) is 17.0 Å². The van der Waals surface area contributed by atoms with E-state index in [1.54, 1.807) is 11.8 Å². The third-order valence-electron chi connectivity index (χ3n) is 4.02. The first kappa shape index (κ1) is 14.9. The van der Waals surface area contributed by atoms with Gasteiger partial charge in [0.15, 0.2) is 0 Å². The topological polar surface area (TPSA) is 102 Å². The van der Waals surface area contributed by atoms with Gasteiger partial charge in [0.2, 0.25) is 15.9 Å². The fourth-order valence-corrected chi connectivity index (χ4v) is 7.53. The predicted octanol–water partition coefficient (Wildman–Crippen LogP) is -0.852. The molecule has 7 nitrogen and oxygen atoms in total. The Balaban J connectivity index is 1.54. The largest absolute Gasteiger partial charge is 0.459 e.